The summed E-state index contributed by atoms with van der Waals surface area (Å²) in [6, 6.07) is 0.193. The van der Waals surface area contributed by atoms with Crippen LogP contribution in [0.2, 0.25) is 0 Å². The molecule has 0 fully saturated rings. The van der Waals surface area contributed by atoms with Crippen molar-refractivity contribution >= 4 is 6.02 Å². The quantitative estimate of drug-likeness (QED) is 0.225. The lowest BCUT2D eigenvalue weighted by atomic mass is 10.1. The van der Waals surface area contributed by atoms with Gasteiger partial charge in [0.05, 0.1) is 26.1 Å². The van der Waals surface area contributed by atoms with Gasteiger partial charge in [-0.15, -0.1) is 0 Å². The first kappa shape index (κ1) is 20.8. The van der Waals surface area contributed by atoms with Crippen LogP contribution in [0.3, 0.4) is 0 Å². The molecule has 7 nitrogen and oxygen atoms in total. The Bertz CT molecular complexity index is 277. The van der Waals surface area contributed by atoms with Gasteiger partial charge in [-0.1, -0.05) is 51.9 Å². The monoisotopic (exact) mass is 321 g/mol. The smallest absolute Gasteiger partial charge is 0.422 e. The largest absolute Gasteiger partial charge is 0.593 e. The summed E-state index contributed by atoms with van der Waals surface area (Å²) in [5, 5.41) is 1.08. The second-order valence-corrected chi connectivity index (χ2v) is 4.85. The Morgan fingerprint density at radius 3 is 1.73 bits per heavy atom. The highest BCUT2D eigenvalue weighted by atomic mass is 17.0. The van der Waals surface area contributed by atoms with Gasteiger partial charge in [0.15, 0.2) is 4.90 Å². The standard InChI is InChI=1S/C15H33N2O5/c1-6-7-8-9-10-11-12-13-14-22-15(16(18-2)19-3)17(20-4)21-5/h6-14H2,1-5H3/q+1. The van der Waals surface area contributed by atoms with E-state index in [1.807, 2.05) is 0 Å². The molecule has 0 heterocycles. The average molecular weight is 321 g/mol. The summed E-state index contributed by atoms with van der Waals surface area (Å²) in [5.41, 5.74) is 0. The molecule has 0 atom stereocenters. The van der Waals surface area contributed by atoms with E-state index < -0.39 is 0 Å². The van der Waals surface area contributed by atoms with E-state index in [4.69, 9.17) is 24.1 Å². The third kappa shape index (κ3) is 8.94. The van der Waals surface area contributed by atoms with E-state index in [0.717, 1.165) is 23.0 Å². The molecule has 132 valence electrons. The lowest BCUT2D eigenvalue weighted by Crippen LogP contribution is -2.38. The van der Waals surface area contributed by atoms with Crippen molar-refractivity contribution in [3.05, 3.63) is 0 Å². The Balaban J connectivity index is 4.02. The fourth-order valence-electron chi connectivity index (χ4n) is 2.03. The Kier molecular flexibility index (Phi) is 13.9. The van der Waals surface area contributed by atoms with Crippen molar-refractivity contribution in [1.29, 1.82) is 0 Å². The zero-order valence-corrected chi connectivity index (χ0v) is 14.8. The van der Waals surface area contributed by atoms with Gasteiger partial charge in [0.1, 0.15) is 14.2 Å². The minimum Gasteiger partial charge on any atom is -0.422 e. The van der Waals surface area contributed by atoms with Crippen LogP contribution < -0.4 is 0 Å². The van der Waals surface area contributed by atoms with Gasteiger partial charge < -0.3 is 14.4 Å². The Morgan fingerprint density at radius 2 is 1.27 bits per heavy atom. The molecule has 0 N–H and O–H groups in total. The van der Waals surface area contributed by atoms with Gasteiger partial charge in [-0.2, -0.15) is 9.68 Å². The van der Waals surface area contributed by atoms with Crippen molar-refractivity contribution in [2.45, 2.75) is 58.3 Å². The predicted molar refractivity (Wildman–Crippen MR) is 83.7 cm³/mol. The maximum atomic E-state index is 5.64. The molecule has 0 aromatic heterocycles. The predicted octanol–water partition coefficient (Wildman–Crippen LogP) is 3.06. The van der Waals surface area contributed by atoms with Crippen LogP contribution in [0.15, 0.2) is 0 Å². The van der Waals surface area contributed by atoms with Crippen LogP contribution in [-0.2, 0) is 24.1 Å². The molecule has 0 aliphatic heterocycles. The first-order chi connectivity index (χ1) is 10.7. The van der Waals surface area contributed by atoms with E-state index in [9.17, 15) is 0 Å². The Labute approximate surface area is 134 Å². The van der Waals surface area contributed by atoms with Gasteiger partial charge in [0.25, 0.3) is 0 Å². The van der Waals surface area contributed by atoms with E-state index in [-0.39, 0.29) is 6.02 Å². The van der Waals surface area contributed by atoms with Crippen LogP contribution in [0.4, 0.5) is 0 Å². The van der Waals surface area contributed by atoms with E-state index in [1.54, 1.807) is 0 Å². The van der Waals surface area contributed by atoms with E-state index >= 15 is 0 Å². The van der Waals surface area contributed by atoms with Crippen LogP contribution in [0.5, 0.6) is 0 Å². The van der Waals surface area contributed by atoms with Crippen LogP contribution >= 0.6 is 0 Å². The van der Waals surface area contributed by atoms with Crippen LogP contribution in [-0.4, -0.2) is 51.2 Å². The molecule has 0 aliphatic rings. The molecule has 0 spiro atoms. The summed E-state index contributed by atoms with van der Waals surface area (Å²) in [6.07, 6.45) is 9.93. The SMILES string of the molecule is CCCCCCCCCCOC(N(OC)OC)=[N+](OC)OC. The lowest BCUT2D eigenvalue weighted by molar-refractivity contribution is -0.965. The molecule has 0 saturated heterocycles. The molecular weight excluding hydrogens is 288 g/mol. The zero-order valence-electron chi connectivity index (χ0n) is 14.8. The number of hydrogen-bond acceptors (Lipinski definition) is 5. The van der Waals surface area contributed by atoms with Crippen molar-refractivity contribution in [2.75, 3.05) is 35.0 Å². The fourth-order valence-corrected chi connectivity index (χ4v) is 2.03. The van der Waals surface area contributed by atoms with Gasteiger partial charge in [0, 0.05) is 0 Å². The van der Waals surface area contributed by atoms with E-state index in [0.29, 0.717) is 6.61 Å². The number of amidine groups is 1. The van der Waals surface area contributed by atoms with Gasteiger partial charge in [-0.05, 0) is 6.42 Å². The summed E-state index contributed by atoms with van der Waals surface area (Å²) in [6.45, 7) is 2.77. The normalized spacial score (nSPS) is 10.2. The van der Waals surface area contributed by atoms with Crippen LogP contribution in [0.25, 0.3) is 0 Å². The second kappa shape index (κ2) is 14.7. The van der Waals surface area contributed by atoms with Crippen molar-refractivity contribution in [3.8, 4) is 0 Å². The molecule has 0 amide bonds. The molecule has 0 aliphatic carbocycles. The summed E-state index contributed by atoms with van der Waals surface area (Å²) in [7, 11) is 5.86. The van der Waals surface area contributed by atoms with Gasteiger partial charge in [-0.3, -0.25) is 0 Å². The van der Waals surface area contributed by atoms with E-state index in [1.165, 1.54) is 67.0 Å². The van der Waals surface area contributed by atoms with Crippen molar-refractivity contribution in [1.82, 2.24) is 5.23 Å². The summed E-state index contributed by atoms with van der Waals surface area (Å²) < 4.78 is 5.64. The minimum absolute atomic E-state index is 0.193. The molecule has 0 saturated carbocycles. The minimum atomic E-state index is 0.193. The maximum Gasteiger partial charge on any atom is 0.593 e. The van der Waals surface area contributed by atoms with Crippen LogP contribution in [0.1, 0.15) is 58.3 Å². The molecular formula is C15H33N2O5+. The highest BCUT2D eigenvalue weighted by molar-refractivity contribution is 5.65. The highest BCUT2D eigenvalue weighted by Gasteiger charge is 2.31. The third-order valence-electron chi connectivity index (χ3n) is 3.20. The van der Waals surface area contributed by atoms with Crippen molar-refractivity contribution in [2.24, 2.45) is 0 Å². The van der Waals surface area contributed by atoms with Gasteiger partial charge in [-0.25, -0.2) is 0 Å². The van der Waals surface area contributed by atoms with Gasteiger partial charge in [0.2, 0.25) is 0 Å². The topological polar surface area (TPSA) is 52.4 Å². The van der Waals surface area contributed by atoms with Gasteiger partial charge >= 0.3 is 6.02 Å². The lowest BCUT2D eigenvalue weighted by Gasteiger charge is -2.12. The molecule has 0 aromatic carbocycles. The number of ether oxygens (including phenoxy) is 1. The Hall–Kier alpha value is -1.21. The first-order valence-corrected chi connectivity index (χ1v) is 8.01. The number of hydrogen-bond donors (Lipinski definition) is 0. The number of nitrogens with zero attached hydrogens (tertiary/aromatic N) is 2. The van der Waals surface area contributed by atoms with Crippen molar-refractivity contribution in [3.63, 3.8) is 0 Å². The second-order valence-electron chi connectivity index (χ2n) is 4.85. The number of hydroxylamine groups is 2. The fraction of sp³-hybridized carbons (Fsp3) is 0.933. The number of rotatable bonds is 13. The summed E-state index contributed by atoms with van der Waals surface area (Å²) in [5.74, 6) is 0. The maximum absolute atomic E-state index is 5.64. The van der Waals surface area contributed by atoms with Crippen LogP contribution in [0, 0.1) is 0 Å². The van der Waals surface area contributed by atoms with E-state index in [2.05, 4.69) is 6.92 Å². The summed E-state index contributed by atoms with van der Waals surface area (Å²) >= 11 is 0. The highest BCUT2D eigenvalue weighted by Crippen LogP contribution is 2.08. The third-order valence-corrected chi connectivity index (χ3v) is 3.20. The molecule has 0 rings (SSSR count). The average Bonchev–Trinajstić information content (AvgIpc) is 2.54. The number of unbranched alkanes of at least 4 members (excludes halogenated alkanes) is 7. The zero-order chi connectivity index (χ0) is 16.6. The van der Waals surface area contributed by atoms with Crippen molar-refractivity contribution < 1.29 is 29.0 Å². The molecule has 22 heavy (non-hydrogen) atoms. The molecule has 0 bridgehead atoms. The summed E-state index contributed by atoms with van der Waals surface area (Å²) in [4.78, 5) is 21.2. The molecule has 7 heteroatoms. The molecule has 0 unspecified atom stereocenters. The molecule has 0 radical (unpaired) electrons. The molecule has 0 aromatic rings. The Morgan fingerprint density at radius 1 is 0.773 bits per heavy atom. The first-order valence-electron chi connectivity index (χ1n) is 8.01.